The molecule has 1 atom stereocenters. The van der Waals surface area contributed by atoms with Crippen LogP contribution in [0.1, 0.15) is 34.1 Å². The van der Waals surface area contributed by atoms with E-state index in [0.29, 0.717) is 0 Å². The molecule has 0 aromatic heterocycles. The lowest BCUT2D eigenvalue weighted by atomic mass is 9.87. The Morgan fingerprint density at radius 3 is 2.00 bits per heavy atom. The maximum Gasteiger partial charge on any atom is 0.158 e. The van der Waals surface area contributed by atoms with Gasteiger partial charge in [0.15, 0.2) is 5.78 Å². The number of hydrogen-bond donors (Lipinski definition) is 1. The fourth-order valence-corrected chi connectivity index (χ4v) is 0.626. The molecule has 0 saturated heterocycles. The van der Waals surface area contributed by atoms with Crippen LogP contribution in [0.25, 0.3) is 0 Å². The highest BCUT2D eigenvalue weighted by Gasteiger charge is 2.25. The summed E-state index contributed by atoms with van der Waals surface area (Å²) >= 11 is 0. The number of rotatable bonds is 3. The van der Waals surface area contributed by atoms with Crippen LogP contribution in [0.2, 0.25) is 0 Å². The third-order valence-corrected chi connectivity index (χ3v) is 1.68. The van der Waals surface area contributed by atoms with Gasteiger partial charge in [0.25, 0.3) is 0 Å². The third-order valence-electron chi connectivity index (χ3n) is 1.68. The molecule has 0 aromatic rings. The topological polar surface area (TPSA) is 54.4 Å². The van der Waals surface area contributed by atoms with Gasteiger partial charge in [-0.25, -0.2) is 0 Å². The Hall–Kier alpha value is -0.700. The van der Waals surface area contributed by atoms with Crippen LogP contribution >= 0.6 is 0 Å². The molecule has 0 rings (SSSR count). The van der Waals surface area contributed by atoms with E-state index in [1.807, 2.05) is 0 Å². The minimum Gasteiger partial charge on any atom is -0.385 e. The monoisotopic (exact) mass is 172 g/mol. The molecule has 70 valence electrons. The fraction of sp³-hybridized carbons (Fsp3) is 0.778. The molecule has 3 heteroatoms. The molecule has 0 amide bonds. The van der Waals surface area contributed by atoms with Gasteiger partial charge in [0, 0.05) is 11.8 Å². The average molecular weight is 172 g/mol. The lowest BCUT2D eigenvalue weighted by Crippen LogP contribution is -2.28. The van der Waals surface area contributed by atoms with Crippen LogP contribution in [0.5, 0.6) is 0 Å². The van der Waals surface area contributed by atoms with Gasteiger partial charge in [0.05, 0.1) is 0 Å². The molecule has 0 aliphatic carbocycles. The van der Waals surface area contributed by atoms with Gasteiger partial charge in [-0.05, 0) is 6.92 Å². The Labute approximate surface area is 72.8 Å². The summed E-state index contributed by atoms with van der Waals surface area (Å²) in [5, 5.41) is 9.09. The molecule has 3 nitrogen and oxygen atoms in total. The number of aliphatic hydroxyl groups is 1. The fourth-order valence-electron chi connectivity index (χ4n) is 0.626. The molecule has 0 aliphatic rings. The van der Waals surface area contributed by atoms with Crippen LogP contribution in [0.15, 0.2) is 0 Å². The van der Waals surface area contributed by atoms with E-state index in [1.165, 1.54) is 6.92 Å². The molecule has 1 N–H and O–H groups in total. The van der Waals surface area contributed by atoms with Crippen molar-refractivity contribution in [1.82, 2.24) is 0 Å². The first kappa shape index (κ1) is 11.3. The van der Waals surface area contributed by atoms with Crippen molar-refractivity contribution < 1.29 is 14.7 Å². The third kappa shape index (κ3) is 3.62. The van der Waals surface area contributed by atoms with Crippen LogP contribution < -0.4 is 0 Å². The predicted octanol–water partition coefficient (Wildman–Crippen LogP) is 0.942. The zero-order chi connectivity index (χ0) is 9.94. The Morgan fingerprint density at radius 2 is 1.75 bits per heavy atom. The number of Topliss-reactive ketones (excluding diaryl/α,β-unsaturated/α-hetero) is 2. The summed E-state index contributed by atoms with van der Waals surface area (Å²) in [6.45, 7) is 6.58. The van der Waals surface area contributed by atoms with Crippen LogP contribution in [-0.4, -0.2) is 22.8 Å². The predicted molar refractivity (Wildman–Crippen MR) is 45.8 cm³/mol. The molecule has 0 spiro atoms. The van der Waals surface area contributed by atoms with Crippen molar-refractivity contribution in [3.63, 3.8) is 0 Å². The highest BCUT2D eigenvalue weighted by atomic mass is 16.3. The molecule has 0 radical (unpaired) electrons. The van der Waals surface area contributed by atoms with E-state index in [2.05, 4.69) is 0 Å². The molecule has 0 aliphatic heterocycles. The molecular weight excluding hydrogens is 156 g/mol. The summed E-state index contributed by atoms with van der Waals surface area (Å²) in [6.07, 6.45) is -1.20. The summed E-state index contributed by atoms with van der Waals surface area (Å²) in [4.78, 5) is 21.9. The van der Waals surface area contributed by atoms with Crippen molar-refractivity contribution in [3.8, 4) is 0 Å². The summed E-state index contributed by atoms with van der Waals surface area (Å²) in [7, 11) is 0. The van der Waals surface area contributed by atoms with E-state index in [-0.39, 0.29) is 18.0 Å². The van der Waals surface area contributed by atoms with E-state index in [1.54, 1.807) is 20.8 Å². The first-order chi connectivity index (χ1) is 5.25. The van der Waals surface area contributed by atoms with Crippen molar-refractivity contribution in [3.05, 3.63) is 0 Å². The maximum absolute atomic E-state index is 11.3. The van der Waals surface area contributed by atoms with E-state index < -0.39 is 11.5 Å². The first-order valence-electron chi connectivity index (χ1n) is 3.97. The average Bonchev–Trinajstić information content (AvgIpc) is 1.85. The standard InChI is InChI=1S/C9H16O3/c1-6(10)7(11)5-8(12)9(2,3)4/h7,11H,5H2,1-4H3. The number of carbonyl (C=O) groups excluding carboxylic acids is 2. The van der Waals surface area contributed by atoms with E-state index in [4.69, 9.17) is 5.11 Å². The molecule has 0 aromatic carbocycles. The van der Waals surface area contributed by atoms with Gasteiger partial charge in [-0.2, -0.15) is 0 Å². The SMILES string of the molecule is CC(=O)C(O)CC(=O)C(C)(C)C. The zero-order valence-electron chi connectivity index (χ0n) is 8.05. The molecule has 0 saturated carbocycles. The Balaban J connectivity index is 4.11. The van der Waals surface area contributed by atoms with Crippen molar-refractivity contribution in [2.24, 2.45) is 5.41 Å². The molecule has 12 heavy (non-hydrogen) atoms. The Bertz CT molecular complexity index is 188. The normalized spacial score (nSPS) is 14.1. The van der Waals surface area contributed by atoms with Crippen LogP contribution in [0.3, 0.4) is 0 Å². The van der Waals surface area contributed by atoms with Crippen molar-refractivity contribution >= 4 is 11.6 Å². The smallest absolute Gasteiger partial charge is 0.158 e. The summed E-state index contributed by atoms with van der Waals surface area (Å²) in [6, 6.07) is 0. The second kappa shape index (κ2) is 3.81. The lowest BCUT2D eigenvalue weighted by Gasteiger charge is -2.17. The Morgan fingerprint density at radius 1 is 1.33 bits per heavy atom. The van der Waals surface area contributed by atoms with Gasteiger partial charge in [0.1, 0.15) is 11.9 Å². The molecule has 0 bridgehead atoms. The number of aliphatic hydroxyl groups excluding tert-OH is 1. The number of ketones is 2. The molecular formula is C9H16O3. The van der Waals surface area contributed by atoms with Crippen molar-refractivity contribution in [2.45, 2.75) is 40.2 Å². The van der Waals surface area contributed by atoms with Gasteiger partial charge >= 0.3 is 0 Å². The van der Waals surface area contributed by atoms with Crippen LogP contribution in [-0.2, 0) is 9.59 Å². The van der Waals surface area contributed by atoms with Crippen molar-refractivity contribution in [1.29, 1.82) is 0 Å². The van der Waals surface area contributed by atoms with Crippen LogP contribution in [0, 0.1) is 5.41 Å². The van der Waals surface area contributed by atoms with E-state index in [9.17, 15) is 9.59 Å². The van der Waals surface area contributed by atoms with Crippen LogP contribution in [0.4, 0.5) is 0 Å². The van der Waals surface area contributed by atoms with E-state index in [0.717, 1.165) is 0 Å². The van der Waals surface area contributed by atoms with Gasteiger partial charge < -0.3 is 5.11 Å². The van der Waals surface area contributed by atoms with Crippen molar-refractivity contribution in [2.75, 3.05) is 0 Å². The minimum absolute atomic E-state index is 0.0706. The number of hydrogen-bond acceptors (Lipinski definition) is 3. The van der Waals surface area contributed by atoms with Gasteiger partial charge in [-0.15, -0.1) is 0 Å². The molecule has 0 heterocycles. The highest BCUT2D eigenvalue weighted by molar-refractivity contribution is 5.90. The summed E-state index contributed by atoms with van der Waals surface area (Å²) in [5.74, 6) is -0.446. The summed E-state index contributed by atoms with van der Waals surface area (Å²) in [5.41, 5.74) is -0.476. The van der Waals surface area contributed by atoms with E-state index >= 15 is 0 Å². The molecule has 1 unspecified atom stereocenters. The minimum atomic E-state index is -1.13. The second-order valence-corrected chi connectivity index (χ2v) is 4.00. The maximum atomic E-state index is 11.3. The first-order valence-corrected chi connectivity index (χ1v) is 3.97. The highest BCUT2D eigenvalue weighted by Crippen LogP contribution is 2.17. The summed E-state index contributed by atoms with van der Waals surface area (Å²) < 4.78 is 0. The van der Waals surface area contributed by atoms with Gasteiger partial charge in [0.2, 0.25) is 0 Å². The second-order valence-electron chi connectivity index (χ2n) is 4.00. The Kier molecular flexibility index (Phi) is 3.58. The quantitative estimate of drug-likeness (QED) is 0.689. The lowest BCUT2D eigenvalue weighted by molar-refractivity contribution is -0.134. The van der Waals surface area contributed by atoms with Gasteiger partial charge in [-0.1, -0.05) is 20.8 Å². The largest absolute Gasteiger partial charge is 0.385 e. The zero-order valence-corrected chi connectivity index (χ0v) is 8.05. The van der Waals surface area contributed by atoms with Gasteiger partial charge in [-0.3, -0.25) is 9.59 Å². The number of carbonyl (C=O) groups is 2. The molecule has 0 fully saturated rings.